The lowest BCUT2D eigenvalue weighted by Crippen LogP contribution is -2.31. The summed E-state index contributed by atoms with van der Waals surface area (Å²) in [7, 11) is -3.76. The molecular formula is C22H27N3O5S2. The smallest absolute Gasteiger partial charge is 0.246 e. The first-order valence-corrected chi connectivity index (χ1v) is 12.7. The Morgan fingerprint density at radius 3 is 2.56 bits per heavy atom. The van der Waals surface area contributed by atoms with Gasteiger partial charge in [-0.3, -0.25) is 4.79 Å². The first kappa shape index (κ1) is 24.0. The third-order valence-corrected chi connectivity index (χ3v) is 7.67. The number of nitrogens with one attached hydrogen (secondary N) is 1. The number of sulfonamides is 1. The Morgan fingerprint density at radius 2 is 1.94 bits per heavy atom. The van der Waals surface area contributed by atoms with E-state index in [-0.39, 0.29) is 23.0 Å². The van der Waals surface area contributed by atoms with Crippen LogP contribution in [-0.4, -0.2) is 43.3 Å². The Balaban J connectivity index is 1.78. The summed E-state index contributed by atoms with van der Waals surface area (Å²) in [4.78, 5) is 17.1. The quantitative estimate of drug-likeness (QED) is 0.467. The Labute approximate surface area is 192 Å². The van der Waals surface area contributed by atoms with Crippen molar-refractivity contribution in [1.29, 1.82) is 0 Å². The number of carbonyl (C=O) groups is 1. The van der Waals surface area contributed by atoms with E-state index in [0.717, 1.165) is 5.76 Å². The minimum Gasteiger partial charge on any atom is -0.492 e. The van der Waals surface area contributed by atoms with Gasteiger partial charge in [-0.1, -0.05) is 13.8 Å². The molecule has 0 aliphatic rings. The van der Waals surface area contributed by atoms with Crippen LogP contribution in [0.3, 0.4) is 0 Å². The fourth-order valence-electron chi connectivity index (χ4n) is 3.19. The fraction of sp³-hybridized carbons (Fsp3) is 0.364. The number of nitrogens with zero attached hydrogens (tertiary/aromatic N) is 2. The molecule has 0 aliphatic heterocycles. The second-order valence-corrected chi connectivity index (χ2v) is 9.73. The number of thiazole rings is 1. The van der Waals surface area contributed by atoms with Crippen LogP contribution < -0.4 is 10.1 Å². The summed E-state index contributed by atoms with van der Waals surface area (Å²) >= 11 is 1.40. The van der Waals surface area contributed by atoms with Gasteiger partial charge in [-0.05, 0) is 44.2 Å². The van der Waals surface area contributed by atoms with Gasteiger partial charge in [0.25, 0.3) is 0 Å². The summed E-state index contributed by atoms with van der Waals surface area (Å²) in [5.74, 6) is 1.42. The molecule has 0 aliphatic carbocycles. The van der Waals surface area contributed by atoms with Crippen LogP contribution in [0, 0.1) is 6.92 Å². The molecule has 10 heteroatoms. The van der Waals surface area contributed by atoms with Crippen LogP contribution in [-0.2, 0) is 21.2 Å². The summed E-state index contributed by atoms with van der Waals surface area (Å²) in [5, 5.41) is 5.27. The van der Waals surface area contributed by atoms with Crippen molar-refractivity contribution < 1.29 is 22.4 Å². The molecule has 2 heterocycles. The molecule has 2 aromatic heterocycles. The molecule has 1 N–H and O–H groups in total. The van der Waals surface area contributed by atoms with E-state index in [9.17, 15) is 13.2 Å². The Kier molecular flexibility index (Phi) is 7.70. The van der Waals surface area contributed by atoms with Gasteiger partial charge in [-0.15, -0.1) is 11.3 Å². The predicted octanol–water partition coefficient (Wildman–Crippen LogP) is 4.32. The van der Waals surface area contributed by atoms with E-state index in [4.69, 9.17) is 9.15 Å². The highest BCUT2D eigenvalue weighted by molar-refractivity contribution is 7.89. The zero-order chi connectivity index (χ0) is 23.3. The molecule has 172 valence electrons. The summed E-state index contributed by atoms with van der Waals surface area (Å²) in [5.41, 5.74) is 0.986. The number of aryl methyl sites for hydroxylation is 1. The molecule has 32 heavy (non-hydrogen) atoms. The van der Waals surface area contributed by atoms with E-state index < -0.39 is 10.0 Å². The molecule has 1 aromatic carbocycles. The normalized spacial score (nSPS) is 11.7. The average Bonchev–Trinajstić information content (AvgIpc) is 3.38. The zero-order valence-corrected chi connectivity index (χ0v) is 20.2. The van der Waals surface area contributed by atoms with Gasteiger partial charge in [0.05, 0.1) is 18.7 Å². The molecule has 0 fully saturated rings. The molecule has 1 amide bonds. The van der Waals surface area contributed by atoms with Gasteiger partial charge in [-0.2, -0.15) is 4.31 Å². The van der Waals surface area contributed by atoms with E-state index in [1.54, 1.807) is 38.3 Å². The van der Waals surface area contributed by atoms with Gasteiger partial charge in [0.2, 0.25) is 15.9 Å². The van der Waals surface area contributed by atoms with Gasteiger partial charge in [-0.25, -0.2) is 13.4 Å². The highest BCUT2D eigenvalue weighted by atomic mass is 32.2. The maximum absolute atomic E-state index is 13.1. The summed E-state index contributed by atoms with van der Waals surface area (Å²) < 4.78 is 38.6. The van der Waals surface area contributed by atoms with Crippen molar-refractivity contribution in [3.05, 3.63) is 47.2 Å². The summed E-state index contributed by atoms with van der Waals surface area (Å²) in [6.45, 7) is 8.20. The van der Waals surface area contributed by atoms with Crippen molar-refractivity contribution in [3.8, 4) is 16.5 Å². The molecule has 0 atom stereocenters. The van der Waals surface area contributed by atoms with E-state index in [1.807, 2.05) is 19.1 Å². The van der Waals surface area contributed by atoms with Crippen molar-refractivity contribution in [1.82, 2.24) is 9.29 Å². The Hall–Kier alpha value is -2.69. The molecule has 3 aromatic rings. The van der Waals surface area contributed by atoms with Crippen LogP contribution >= 0.6 is 11.3 Å². The first-order valence-electron chi connectivity index (χ1n) is 10.4. The summed E-state index contributed by atoms with van der Waals surface area (Å²) in [6, 6.07) is 8.33. The molecule has 0 saturated carbocycles. The molecule has 0 unspecified atom stereocenters. The molecule has 8 nitrogen and oxygen atoms in total. The highest BCUT2D eigenvalue weighted by Crippen LogP contribution is 2.30. The second-order valence-electron chi connectivity index (χ2n) is 6.96. The van der Waals surface area contributed by atoms with Gasteiger partial charge in [0.1, 0.15) is 16.4 Å². The maximum atomic E-state index is 13.1. The maximum Gasteiger partial charge on any atom is 0.246 e. The number of ether oxygens (including phenoxy) is 1. The van der Waals surface area contributed by atoms with Crippen molar-refractivity contribution >= 4 is 33.0 Å². The number of hydrogen-bond donors (Lipinski definition) is 1. The summed E-state index contributed by atoms with van der Waals surface area (Å²) in [6.07, 6.45) is 0.0571. The molecule has 0 radical (unpaired) electrons. The number of amides is 1. The van der Waals surface area contributed by atoms with E-state index in [1.165, 1.54) is 21.7 Å². The molecule has 0 saturated heterocycles. The predicted molar refractivity (Wildman–Crippen MR) is 125 cm³/mol. The average molecular weight is 478 g/mol. The molecule has 0 spiro atoms. The lowest BCUT2D eigenvalue weighted by atomic mass is 10.2. The van der Waals surface area contributed by atoms with Crippen LogP contribution in [0.25, 0.3) is 10.8 Å². The van der Waals surface area contributed by atoms with Gasteiger partial charge < -0.3 is 14.5 Å². The number of rotatable bonds is 10. The number of furan rings is 1. The Bertz CT molecular complexity index is 1180. The van der Waals surface area contributed by atoms with E-state index >= 15 is 0 Å². The largest absolute Gasteiger partial charge is 0.492 e. The number of carbonyl (C=O) groups excluding carboxylic acids is 1. The molecule has 3 rings (SSSR count). The van der Waals surface area contributed by atoms with Gasteiger partial charge >= 0.3 is 0 Å². The van der Waals surface area contributed by atoms with Crippen molar-refractivity contribution in [3.63, 3.8) is 0 Å². The van der Waals surface area contributed by atoms with Crippen LogP contribution in [0.15, 0.2) is 45.0 Å². The second kappa shape index (κ2) is 10.3. The van der Waals surface area contributed by atoms with Crippen LogP contribution in [0.1, 0.15) is 32.2 Å². The minimum atomic E-state index is -3.76. The first-order chi connectivity index (χ1) is 15.3. The SMILES string of the molecule is CCOc1ccc(NC(=O)Cc2csc(-c3ccc(C)o3)n2)cc1S(=O)(=O)N(CC)CC. The third-order valence-electron chi connectivity index (χ3n) is 4.70. The number of benzene rings is 1. The lowest BCUT2D eigenvalue weighted by molar-refractivity contribution is -0.115. The standard InChI is InChI=1S/C22H27N3O5S2/c1-5-25(6-2)32(27,28)20-12-16(9-11-18(20)29-7-3)23-21(26)13-17-14-31-22(24-17)19-10-8-15(4)30-19/h8-12,14H,5-7,13H2,1-4H3,(H,23,26). The van der Waals surface area contributed by atoms with Crippen molar-refractivity contribution in [2.45, 2.75) is 39.0 Å². The molecule has 0 bridgehead atoms. The lowest BCUT2D eigenvalue weighted by Gasteiger charge is -2.21. The third kappa shape index (κ3) is 5.37. The van der Waals surface area contributed by atoms with Gasteiger partial charge in [0.15, 0.2) is 10.8 Å². The Morgan fingerprint density at radius 1 is 1.19 bits per heavy atom. The van der Waals surface area contributed by atoms with Crippen LogP contribution in [0.4, 0.5) is 5.69 Å². The molecular weight excluding hydrogens is 450 g/mol. The number of anilines is 1. The topological polar surface area (TPSA) is 102 Å². The number of hydrogen-bond acceptors (Lipinski definition) is 7. The van der Waals surface area contributed by atoms with Crippen molar-refractivity contribution in [2.24, 2.45) is 0 Å². The number of aromatic nitrogens is 1. The van der Waals surface area contributed by atoms with Crippen LogP contribution in [0.5, 0.6) is 5.75 Å². The fourth-order valence-corrected chi connectivity index (χ4v) is 5.58. The van der Waals surface area contributed by atoms with Crippen molar-refractivity contribution in [2.75, 3.05) is 25.0 Å². The zero-order valence-electron chi connectivity index (χ0n) is 18.5. The minimum absolute atomic E-state index is 0.0324. The van der Waals surface area contributed by atoms with E-state index in [2.05, 4.69) is 10.3 Å². The monoisotopic (exact) mass is 477 g/mol. The van der Waals surface area contributed by atoms with Crippen LogP contribution in [0.2, 0.25) is 0 Å². The highest BCUT2D eigenvalue weighted by Gasteiger charge is 2.26. The van der Waals surface area contributed by atoms with E-state index in [0.29, 0.717) is 41.8 Å². The van der Waals surface area contributed by atoms with Gasteiger partial charge in [0, 0.05) is 24.2 Å².